The number of nitrogens with one attached hydrogen (secondary N) is 2. The van der Waals surface area contributed by atoms with Crippen molar-refractivity contribution in [1.82, 2.24) is 10.7 Å². The van der Waals surface area contributed by atoms with Crippen molar-refractivity contribution in [3.63, 3.8) is 0 Å². The van der Waals surface area contributed by atoms with Crippen LogP contribution in [-0.2, 0) is 4.79 Å². The van der Waals surface area contributed by atoms with Crippen molar-refractivity contribution < 1.29 is 33.3 Å². The number of carbonyl (C=O) groups excluding carboxylic acids is 3. The molecule has 0 aliphatic heterocycles. The summed E-state index contributed by atoms with van der Waals surface area (Å²) in [4.78, 5) is 36.8. The van der Waals surface area contributed by atoms with Gasteiger partial charge in [-0.05, 0) is 86.1 Å². The van der Waals surface area contributed by atoms with Crippen molar-refractivity contribution in [2.45, 2.75) is 13.8 Å². The second-order valence-electron chi connectivity index (χ2n) is 7.69. The average Bonchev–Trinajstić information content (AvgIpc) is 2.93. The van der Waals surface area contributed by atoms with E-state index in [0.29, 0.717) is 47.2 Å². The van der Waals surface area contributed by atoms with E-state index in [9.17, 15) is 14.4 Å². The van der Waals surface area contributed by atoms with Crippen molar-refractivity contribution in [3.05, 3.63) is 83.4 Å². The predicted octanol–water partition coefficient (Wildman–Crippen LogP) is 3.59. The molecule has 0 heterocycles. The normalized spacial score (nSPS) is 10.5. The summed E-state index contributed by atoms with van der Waals surface area (Å²) in [6.45, 7) is 4.30. The molecule has 10 heteroatoms. The van der Waals surface area contributed by atoms with E-state index in [2.05, 4.69) is 15.8 Å². The Morgan fingerprint density at radius 1 is 0.816 bits per heavy atom. The first kappa shape index (κ1) is 27.7. The van der Waals surface area contributed by atoms with Crippen molar-refractivity contribution in [1.29, 1.82) is 0 Å². The number of esters is 1. The van der Waals surface area contributed by atoms with Gasteiger partial charge in [0.05, 0.1) is 38.6 Å². The molecule has 0 bridgehead atoms. The fourth-order valence-electron chi connectivity index (χ4n) is 3.19. The van der Waals surface area contributed by atoms with Gasteiger partial charge in [0.15, 0.2) is 11.5 Å². The van der Waals surface area contributed by atoms with Gasteiger partial charge in [0.25, 0.3) is 11.8 Å². The Kier molecular flexibility index (Phi) is 10.2. The van der Waals surface area contributed by atoms with Crippen molar-refractivity contribution >= 4 is 24.0 Å². The van der Waals surface area contributed by atoms with Gasteiger partial charge in [-0.1, -0.05) is 0 Å². The molecule has 0 aromatic heterocycles. The van der Waals surface area contributed by atoms with Crippen LogP contribution in [0.3, 0.4) is 0 Å². The van der Waals surface area contributed by atoms with E-state index < -0.39 is 17.8 Å². The van der Waals surface area contributed by atoms with E-state index in [1.807, 2.05) is 6.92 Å². The number of carbonyl (C=O) groups is 3. The van der Waals surface area contributed by atoms with Crippen molar-refractivity contribution in [2.75, 3.05) is 26.9 Å². The standard InChI is InChI=1S/C28H29N3O7/c1-4-36-23-13-9-21(10-14-23)28(34)38-24-15-6-19(16-25(24)37-5-2)17-30-31-26(32)18-29-27(33)20-7-11-22(35-3)12-8-20/h6-17H,4-5,18H2,1-3H3,(H,29,33)(H,31,32)/b30-17-. The number of hydrogen-bond donors (Lipinski definition) is 2. The van der Waals surface area contributed by atoms with Gasteiger partial charge in [-0.3, -0.25) is 9.59 Å². The summed E-state index contributed by atoms with van der Waals surface area (Å²) in [5, 5.41) is 6.43. The lowest BCUT2D eigenvalue weighted by Gasteiger charge is -2.11. The van der Waals surface area contributed by atoms with E-state index in [1.165, 1.54) is 13.3 Å². The van der Waals surface area contributed by atoms with Crippen LogP contribution in [0.15, 0.2) is 71.8 Å². The Morgan fingerprint density at radius 3 is 2.13 bits per heavy atom. The minimum absolute atomic E-state index is 0.244. The lowest BCUT2D eigenvalue weighted by Crippen LogP contribution is -2.34. The SMILES string of the molecule is CCOc1ccc(C(=O)Oc2ccc(/C=N\NC(=O)CNC(=O)c3ccc(OC)cc3)cc2OCC)cc1. The van der Waals surface area contributed by atoms with Crippen LogP contribution in [0, 0.1) is 0 Å². The van der Waals surface area contributed by atoms with Gasteiger partial charge in [-0.2, -0.15) is 5.10 Å². The monoisotopic (exact) mass is 519 g/mol. The van der Waals surface area contributed by atoms with E-state index in [-0.39, 0.29) is 12.3 Å². The van der Waals surface area contributed by atoms with E-state index in [1.54, 1.807) is 73.7 Å². The van der Waals surface area contributed by atoms with Crippen LogP contribution in [0.4, 0.5) is 0 Å². The summed E-state index contributed by atoms with van der Waals surface area (Å²) in [5.74, 6) is 0.424. The van der Waals surface area contributed by atoms with Gasteiger partial charge < -0.3 is 24.3 Å². The predicted molar refractivity (Wildman–Crippen MR) is 141 cm³/mol. The lowest BCUT2D eigenvalue weighted by molar-refractivity contribution is -0.120. The molecule has 0 saturated carbocycles. The number of ether oxygens (including phenoxy) is 4. The molecular weight excluding hydrogens is 490 g/mol. The summed E-state index contributed by atoms with van der Waals surface area (Å²) >= 11 is 0. The lowest BCUT2D eigenvalue weighted by atomic mass is 10.2. The van der Waals surface area contributed by atoms with Gasteiger partial charge in [-0.15, -0.1) is 0 Å². The fraction of sp³-hybridized carbons (Fsp3) is 0.214. The Labute approximate surface area is 220 Å². The van der Waals surface area contributed by atoms with Crippen molar-refractivity contribution in [3.8, 4) is 23.0 Å². The summed E-state index contributed by atoms with van der Waals surface area (Å²) in [7, 11) is 1.53. The third kappa shape index (κ3) is 8.09. The second kappa shape index (κ2) is 14.0. The molecule has 38 heavy (non-hydrogen) atoms. The first-order valence-electron chi connectivity index (χ1n) is 11.9. The van der Waals surface area contributed by atoms with E-state index >= 15 is 0 Å². The molecule has 2 N–H and O–H groups in total. The molecule has 198 valence electrons. The third-order valence-corrected chi connectivity index (χ3v) is 5.04. The van der Waals surface area contributed by atoms with Crippen LogP contribution < -0.4 is 29.7 Å². The van der Waals surface area contributed by atoms with Gasteiger partial charge in [-0.25, -0.2) is 10.2 Å². The molecule has 3 aromatic rings. The number of rotatable bonds is 12. The first-order chi connectivity index (χ1) is 18.4. The Morgan fingerprint density at radius 2 is 1.47 bits per heavy atom. The highest BCUT2D eigenvalue weighted by atomic mass is 16.6. The number of amides is 2. The van der Waals surface area contributed by atoms with Gasteiger partial charge in [0, 0.05) is 5.56 Å². The third-order valence-electron chi connectivity index (χ3n) is 5.04. The molecule has 0 unspecified atom stereocenters. The highest BCUT2D eigenvalue weighted by molar-refractivity contribution is 5.96. The molecule has 2 amide bonds. The highest BCUT2D eigenvalue weighted by Gasteiger charge is 2.14. The second-order valence-corrected chi connectivity index (χ2v) is 7.69. The fourth-order valence-corrected chi connectivity index (χ4v) is 3.19. The smallest absolute Gasteiger partial charge is 0.343 e. The van der Waals surface area contributed by atoms with Gasteiger partial charge in [0.1, 0.15) is 11.5 Å². The summed E-state index contributed by atoms with van der Waals surface area (Å²) in [6, 6.07) is 18.0. The zero-order valence-electron chi connectivity index (χ0n) is 21.4. The molecule has 0 atom stereocenters. The number of benzene rings is 3. The van der Waals surface area contributed by atoms with Crippen LogP contribution in [0.2, 0.25) is 0 Å². The maximum Gasteiger partial charge on any atom is 0.343 e. The van der Waals surface area contributed by atoms with Crippen molar-refractivity contribution in [2.24, 2.45) is 5.10 Å². The highest BCUT2D eigenvalue weighted by Crippen LogP contribution is 2.29. The quantitative estimate of drug-likeness (QED) is 0.162. The van der Waals surface area contributed by atoms with Crippen LogP contribution in [0.25, 0.3) is 0 Å². The Hall–Kier alpha value is -4.86. The summed E-state index contributed by atoms with van der Waals surface area (Å²) in [6.07, 6.45) is 1.41. The number of methoxy groups -OCH3 is 1. The molecule has 0 radical (unpaired) electrons. The maximum atomic E-state index is 12.6. The topological polar surface area (TPSA) is 125 Å². The average molecular weight is 520 g/mol. The van der Waals surface area contributed by atoms with E-state index in [0.717, 1.165) is 0 Å². The largest absolute Gasteiger partial charge is 0.497 e. The molecule has 0 spiro atoms. The van der Waals surface area contributed by atoms with Crippen LogP contribution in [-0.4, -0.2) is 50.9 Å². The molecule has 0 fully saturated rings. The number of hydrogen-bond acceptors (Lipinski definition) is 8. The summed E-state index contributed by atoms with van der Waals surface area (Å²) in [5.41, 5.74) is 3.70. The zero-order valence-corrected chi connectivity index (χ0v) is 21.4. The maximum absolute atomic E-state index is 12.6. The molecule has 0 saturated heterocycles. The van der Waals surface area contributed by atoms with Crippen LogP contribution in [0.5, 0.6) is 23.0 Å². The molecule has 3 aromatic carbocycles. The number of hydrazone groups is 1. The Bertz CT molecular complexity index is 1270. The minimum Gasteiger partial charge on any atom is -0.497 e. The van der Waals surface area contributed by atoms with E-state index in [4.69, 9.17) is 18.9 Å². The first-order valence-corrected chi connectivity index (χ1v) is 11.9. The van der Waals surface area contributed by atoms with Gasteiger partial charge >= 0.3 is 5.97 Å². The molecule has 0 aliphatic carbocycles. The molecule has 3 rings (SSSR count). The molecular formula is C28H29N3O7. The minimum atomic E-state index is -0.542. The molecule has 0 aliphatic rings. The Balaban J connectivity index is 1.55. The van der Waals surface area contributed by atoms with Crippen LogP contribution in [0.1, 0.15) is 40.1 Å². The number of nitrogens with zero attached hydrogens (tertiary/aromatic N) is 1. The summed E-state index contributed by atoms with van der Waals surface area (Å²) < 4.78 is 21.6. The van der Waals surface area contributed by atoms with Gasteiger partial charge in [0.2, 0.25) is 0 Å². The zero-order chi connectivity index (χ0) is 27.3. The van der Waals surface area contributed by atoms with Crippen LogP contribution >= 0.6 is 0 Å². The molecule has 10 nitrogen and oxygen atoms in total.